The average Bonchev–Trinajstić information content (AvgIpc) is 2.87. The van der Waals surface area contributed by atoms with Crippen LogP contribution in [0.15, 0.2) is 53.1 Å². The number of nitrogens with one attached hydrogen (secondary N) is 1. The van der Waals surface area contributed by atoms with Crippen molar-refractivity contribution in [1.29, 1.82) is 0 Å². The van der Waals surface area contributed by atoms with E-state index in [1.54, 1.807) is 24.5 Å². The molecule has 1 unspecified atom stereocenters. The van der Waals surface area contributed by atoms with Gasteiger partial charge in [0, 0.05) is 61.1 Å². The molecule has 0 aliphatic heterocycles. The van der Waals surface area contributed by atoms with Gasteiger partial charge in [-0.3, -0.25) is 9.59 Å². The second-order valence-corrected chi connectivity index (χ2v) is 10.2. The van der Waals surface area contributed by atoms with E-state index >= 15 is 0 Å². The molecule has 7 nitrogen and oxygen atoms in total. The Morgan fingerprint density at radius 3 is 2.69 bits per heavy atom. The van der Waals surface area contributed by atoms with Crippen molar-refractivity contribution >= 4 is 32.2 Å². The molecule has 192 valence electrons. The molecule has 2 aromatic heterocycles. The van der Waals surface area contributed by atoms with Crippen LogP contribution in [0.4, 0.5) is 4.39 Å². The molecule has 0 spiro atoms. The Balaban J connectivity index is 1.68. The van der Waals surface area contributed by atoms with Crippen molar-refractivity contribution in [1.82, 2.24) is 24.8 Å². The molecule has 0 aliphatic rings. The first-order chi connectivity index (χ1) is 17.5. The summed E-state index contributed by atoms with van der Waals surface area (Å²) in [6.45, 7) is 3.42. The van der Waals surface area contributed by atoms with E-state index in [4.69, 9.17) is 0 Å². The summed E-state index contributed by atoms with van der Waals surface area (Å²) in [6.07, 6.45) is 12.5. The number of benzene rings is 1. The summed E-state index contributed by atoms with van der Waals surface area (Å²) >= 11 is 1.42. The van der Waals surface area contributed by atoms with Crippen LogP contribution in [0.5, 0.6) is 0 Å². The topological polar surface area (TPSA) is 89.8 Å². The molecule has 0 saturated carbocycles. The van der Waals surface area contributed by atoms with Crippen LogP contribution in [0.3, 0.4) is 0 Å². The summed E-state index contributed by atoms with van der Waals surface area (Å²) in [7, 11) is 2.39. The van der Waals surface area contributed by atoms with E-state index < -0.39 is 0 Å². The first-order valence-electron chi connectivity index (χ1n) is 12.2. The van der Waals surface area contributed by atoms with Gasteiger partial charge in [0.15, 0.2) is 5.16 Å². The zero-order chi connectivity index (χ0) is 25.8. The largest absolute Gasteiger partial charge is 0.356 e. The van der Waals surface area contributed by atoms with Crippen molar-refractivity contribution in [2.75, 3.05) is 6.54 Å². The molecule has 0 aliphatic carbocycles. The molecule has 10 heteroatoms. The minimum atomic E-state index is -0.298. The van der Waals surface area contributed by atoms with Gasteiger partial charge in [0.25, 0.3) is 5.56 Å². The average molecular weight is 530 g/mol. The second-order valence-electron chi connectivity index (χ2n) is 8.63. The van der Waals surface area contributed by atoms with Gasteiger partial charge in [-0.25, -0.2) is 14.4 Å². The third-order valence-electron chi connectivity index (χ3n) is 5.62. The van der Waals surface area contributed by atoms with E-state index in [0.717, 1.165) is 24.0 Å². The van der Waals surface area contributed by atoms with Gasteiger partial charge in [-0.15, -0.1) is 9.24 Å². The van der Waals surface area contributed by atoms with Gasteiger partial charge in [-0.1, -0.05) is 44.0 Å². The van der Waals surface area contributed by atoms with Crippen LogP contribution in [0.1, 0.15) is 62.1 Å². The lowest BCUT2D eigenvalue weighted by Crippen LogP contribution is -2.25. The molecule has 2 heterocycles. The minimum Gasteiger partial charge on any atom is -0.356 e. The van der Waals surface area contributed by atoms with Crippen molar-refractivity contribution < 1.29 is 9.18 Å². The molecule has 0 saturated heterocycles. The molecule has 1 amide bonds. The van der Waals surface area contributed by atoms with E-state index in [9.17, 15) is 14.0 Å². The Kier molecular flexibility index (Phi) is 11.5. The number of halogens is 1. The van der Waals surface area contributed by atoms with Crippen LogP contribution in [0.2, 0.25) is 0 Å². The number of nitrogens with zero attached hydrogens (tertiary/aromatic N) is 4. The number of amides is 1. The van der Waals surface area contributed by atoms with Crippen LogP contribution in [0, 0.1) is 5.82 Å². The van der Waals surface area contributed by atoms with Gasteiger partial charge in [-0.2, -0.15) is 4.98 Å². The van der Waals surface area contributed by atoms with E-state index in [1.807, 2.05) is 10.8 Å². The van der Waals surface area contributed by atoms with Crippen LogP contribution < -0.4 is 16.2 Å². The van der Waals surface area contributed by atoms with Crippen LogP contribution in [0.25, 0.3) is 0 Å². The highest BCUT2D eigenvalue weighted by atomic mass is 32.2. The first kappa shape index (κ1) is 27.9. The fourth-order valence-corrected chi connectivity index (χ4v) is 4.91. The molecule has 1 N–H and O–H groups in total. The third kappa shape index (κ3) is 9.10. The lowest BCUT2D eigenvalue weighted by molar-refractivity contribution is -0.121. The van der Waals surface area contributed by atoms with E-state index in [2.05, 4.69) is 36.4 Å². The zero-order valence-corrected chi connectivity index (χ0v) is 22.6. The summed E-state index contributed by atoms with van der Waals surface area (Å²) in [5.74, 6) is 0.301. The Hall–Kier alpha value is -2.64. The number of unbranched alkanes of at least 4 members (excludes halogenated alkanes) is 3. The summed E-state index contributed by atoms with van der Waals surface area (Å²) < 4.78 is 15.5. The van der Waals surface area contributed by atoms with Crippen molar-refractivity contribution in [3.8, 4) is 0 Å². The van der Waals surface area contributed by atoms with Gasteiger partial charge in [-0.05, 0) is 36.1 Å². The molecular formula is C26H33FN5O2PS. The SMILES string of the molecule is CCCCCCNC(=O)CCCn1cc(Cc2cncnc2)c(=O)nc1SCc1ccc(F)c(P)c1. The van der Waals surface area contributed by atoms with Gasteiger partial charge >= 0.3 is 0 Å². The van der Waals surface area contributed by atoms with Crippen molar-refractivity contribution in [2.24, 2.45) is 0 Å². The Labute approximate surface area is 218 Å². The fraction of sp³-hybridized carbons (Fsp3) is 0.423. The zero-order valence-electron chi connectivity index (χ0n) is 20.6. The number of hydrogen-bond acceptors (Lipinski definition) is 6. The number of rotatable bonds is 14. The monoisotopic (exact) mass is 529 g/mol. The minimum absolute atomic E-state index is 0.0376. The first-order valence-corrected chi connectivity index (χ1v) is 13.8. The van der Waals surface area contributed by atoms with Crippen molar-refractivity contribution in [3.63, 3.8) is 0 Å². The predicted molar refractivity (Wildman–Crippen MR) is 145 cm³/mol. The van der Waals surface area contributed by atoms with Crippen LogP contribution in [-0.4, -0.2) is 32.0 Å². The highest BCUT2D eigenvalue weighted by molar-refractivity contribution is 7.98. The maximum absolute atomic E-state index is 13.6. The molecule has 36 heavy (non-hydrogen) atoms. The van der Waals surface area contributed by atoms with Crippen LogP contribution >= 0.6 is 21.0 Å². The quantitative estimate of drug-likeness (QED) is 0.147. The second kappa shape index (κ2) is 14.8. The van der Waals surface area contributed by atoms with E-state index in [-0.39, 0.29) is 17.3 Å². The lowest BCUT2D eigenvalue weighted by atomic mass is 10.1. The number of carbonyl (C=O) groups excluding carboxylic acids is 1. The highest BCUT2D eigenvalue weighted by Gasteiger charge is 2.12. The standard InChI is InChI=1S/C26H33FN5O2PS/c1-2-3-4-5-10-30-24(33)7-6-11-32-16-21(12-20-14-28-18-29-15-20)25(34)31-26(32)36-17-19-8-9-22(27)23(35)13-19/h8-9,13-16,18H,2-7,10-12,17,35H2,1H3,(H,30,33). The molecular weight excluding hydrogens is 496 g/mol. The molecule has 1 atom stereocenters. The number of carbonyl (C=O) groups is 1. The maximum Gasteiger partial charge on any atom is 0.277 e. The normalized spacial score (nSPS) is 11.0. The van der Waals surface area contributed by atoms with Gasteiger partial charge in [0.2, 0.25) is 5.91 Å². The van der Waals surface area contributed by atoms with Gasteiger partial charge in [0.05, 0.1) is 0 Å². The Bertz CT molecular complexity index is 1190. The lowest BCUT2D eigenvalue weighted by Gasteiger charge is -2.14. The molecule has 1 aromatic carbocycles. The number of thioether (sulfide) groups is 1. The van der Waals surface area contributed by atoms with Crippen LogP contribution in [-0.2, 0) is 23.5 Å². The van der Waals surface area contributed by atoms with E-state index in [0.29, 0.717) is 54.1 Å². The predicted octanol–water partition coefficient (Wildman–Crippen LogP) is 4.03. The van der Waals surface area contributed by atoms with Gasteiger partial charge in [0.1, 0.15) is 12.1 Å². The van der Waals surface area contributed by atoms with Crippen molar-refractivity contribution in [3.05, 3.63) is 76.0 Å². The molecule has 0 bridgehead atoms. The number of hydrogen-bond donors (Lipinski definition) is 1. The fourth-order valence-electron chi connectivity index (χ4n) is 3.67. The summed E-state index contributed by atoms with van der Waals surface area (Å²) in [5.41, 5.74) is 2.00. The maximum atomic E-state index is 13.6. The summed E-state index contributed by atoms with van der Waals surface area (Å²) in [5, 5.41) is 4.06. The molecule has 0 fully saturated rings. The molecule has 3 rings (SSSR count). The number of aromatic nitrogens is 4. The Morgan fingerprint density at radius 1 is 1.14 bits per heavy atom. The highest BCUT2D eigenvalue weighted by Crippen LogP contribution is 2.22. The number of aryl methyl sites for hydroxylation is 1. The van der Waals surface area contributed by atoms with Crippen molar-refractivity contribution in [2.45, 2.75) is 69.3 Å². The Morgan fingerprint density at radius 2 is 1.94 bits per heavy atom. The summed E-state index contributed by atoms with van der Waals surface area (Å²) in [4.78, 5) is 37.4. The smallest absolute Gasteiger partial charge is 0.277 e. The van der Waals surface area contributed by atoms with Gasteiger partial charge < -0.3 is 9.88 Å². The molecule has 0 radical (unpaired) electrons. The van der Waals surface area contributed by atoms with E-state index in [1.165, 1.54) is 37.0 Å². The molecule has 3 aromatic rings. The summed E-state index contributed by atoms with van der Waals surface area (Å²) in [6, 6.07) is 4.93. The third-order valence-corrected chi connectivity index (χ3v) is 7.13.